The maximum absolute atomic E-state index is 11.6. The van der Waals surface area contributed by atoms with E-state index >= 15 is 0 Å². The fraction of sp³-hybridized carbons (Fsp3) is 0.417. The molecular weight excluding hydrogens is 247 g/mol. The number of ether oxygens (including phenoxy) is 1. The second-order valence-electron chi connectivity index (χ2n) is 3.93. The summed E-state index contributed by atoms with van der Waals surface area (Å²) in [6.07, 6.45) is 1.61. The van der Waals surface area contributed by atoms with Gasteiger partial charge >= 0.3 is 5.97 Å². The Hall–Kier alpha value is -0.730. The van der Waals surface area contributed by atoms with Crippen LogP contribution in [0, 0.1) is 0 Å². The average molecular weight is 259 g/mol. The maximum atomic E-state index is 11.6. The Morgan fingerprint density at radius 3 is 2.69 bits per heavy atom. The Kier molecular flexibility index (Phi) is 3.41. The van der Waals surface area contributed by atoms with Gasteiger partial charge in [-0.05, 0) is 24.1 Å². The van der Waals surface area contributed by atoms with Crippen molar-refractivity contribution < 1.29 is 9.53 Å². The lowest BCUT2D eigenvalue weighted by Gasteiger charge is -2.06. The van der Waals surface area contributed by atoms with Crippen molar-refractivity contribution in [2.75, 3.05) is 0 Å². The first-order chi connectivity index (χ1) is 7.61. The highest BCUT2D eigenvalue weighted by Crippen LogP contribution is 2.34. The molecule has 2 rings (SSSR count). The molecule has 1 fully saturated rings. The monoisotopic (exact) mass is 258 g/mol. The third-order valence-electron chi connectivity index (χ3n) is 2.87. The van der Waals surface area contributed by atoms with E-state index in [-0.39, 0.29) is 18.0 Å². The molecule has 0 spiro atoms. The number of esters is 1. The van der Waals surface area contributed by atoms with E-state index < -0.39 is 0 Å². The molecule has 1 heterocycles. The Bertz CT molecular complexity index is 417. The normalized spacial score (nSPS) is 24.6. The molecule has 2 atom stereocenters. The van der Waals surface area contributed by atoms with Crippen molar-refractivity contribution in [3.8, 4) is 0 Å². The van der Waals surface area contributed by atoms with E-state index in [1.807, 2.05) is 13.0 Å². The molecule has 0 bridgehead atoms. The van der Waals surface area contributed by atoms with Gasteiger partial charge in [-0.2, -0.15) is 0 Å². The number of carbonyl (C=O) groups is 1. The van der Waals surface area contributed by atoms with Gasteiger partial charge in [-0.3, -0.25) is 4.79 Å². The molecule has 0 N–H and O–H groups in total. The molecule has 2 nitrogen and oxygen atoms in total. The lowest BCUT2D eigenvalue weighted by atomic mass is 9.95. The third-order valence-corrected chi connectivity index (χ3v) is 3.61. The van der Waals surface area contributed by atoms with Crippen LogP contribution in [0.15, 0.2) is 18.2 Å². The highest BCUT2D eigenvalue weighted by atomic mass is 35.5. The van der Waals surface area contributed by atoms with Gasteiger partial charge in [-0.25, -0.2) is 0 Å². The smallest absolute Gasteiger partial charge is 0.313 e. The van der Waals surface area contributed by atoms with E-state index in [4.69, 9.17) is 27.9 Å². The van der Waals surface area contributed by atoms with Gasteiger partial charge in [-0.15, -0.1) is 0 Å². The zero-order valence-corrected chi connectivity index (χ0v) is 10.4. The van der Waals surface area contributed by atoms with Gasteiger partial charge < -0.3 is 4.74 Å². The molecule has 0 amide bonds. The summed E-state index contributed by atoms with van der Waals surface area (Å²) in [6.45, 7) is 2.01. The zero-order chi connectivity index (χ0) is 11.7. The lowest BCUT2D eigenvalue weighted by molar-refractivity contribution is -0.142. The van der Waals surface area contributed by atoms with Crippen LogP contribution in [0.1, 0.15) is 31.2 Å². The van der Waals surface area contributed by atoms with E-state index in [0.717, 1.165) is 18.4 Å². The van der Waals surface area contributed by atoms with Crippen LogP contribution in [0.4, 0.5) is 0 Å². The van der Waals surface area contributed by atoms with Gasteiger partial charge in [0, 0.05) is 6.42 Å². The summed E-state index contributed by atoms with van der Waals surface area (Å²) in [6, 6.07) is 5.29. The topological polar surface area (TPSA) is 26.3 Å². The largest absolute Gasteiger partial charge is 0.462 e. The van der Waals surface area contributed by atoms with E-state index in [1.165, 1.54) is 0 Å². The predicted octanol–water partition coefficient (Wildman–Crippen LogP) is 3.80. The van der Waals surface area contributed by atoms with Crippen LogP contribution in [-0.4, -0.2) is 12.1 Å². The molecule has 86 valence electrons. The molecule has 0 saturated carbocycles. The first kappa shape index (κ1) is 11.7. The van der Waals surface area contributed by atoms with Crippen molar-refractivity contribution in [1.29, 1.82) is 0 Å². The second kappa shape index (κ2) is 4.64. The van der Waals surface area contributed by atoms with E-state index in [0.29, 0.717) is 10.0 Å². The lowest BCUT2D eigenvalue weighted by Crippen LogP contribution is -2.05. The number of hydrogen-bond acceptors (Lipinski definition) is 2. The molecule has 0 aliphatic carbocycles. The summed E-state index contributed by atoms with van der Waals surface area (Å²) >= 11 is 11.8. The van der Waals surface area contributed by atoms with E-state index in [1.54, 1.807) is 12.1 Å². The van der Waals surface area contributed by atoms with Crippen LogP contribution in [0.5, 0.6) is 0 Å². The zero-order valence-electron chi connectivity index (χ0n) is 8.87. The van der Waals surface area contributed by atoms with Gasteiger partial charge in [0.05, 0.1) is 16.0 Å². The summed E-state index contributed by atoms with van der Waals surface area (Å²) in [4.78, 5) is 11.6. The average Bonchev–Trinajstić information content (AvgIpc) is 2.64. The van der Waals surface area contributed by atoms with Crippen molar-refractivity contribution in [2.45, 2.75) is 31.8 Å². The SMILES string of the molecule is CCC1CC(c2ccc(Cl)c(Cl)c2)C(=O)O1. The van der Waals surface area contributed by atoms with E-state index in [9.17, 15) is 4.79 Å². The molecule has 2 unspecified atom stereocenters. The highest BCUT2D eigenvalue weighted by molar-refractivity contribution is 6.42. The minimum Gasteiger partial charge on any atom is -0.462 e. The Labute approximate surface area is 104 Å². The molecule has 1 aromatic carbocycles. The highest BCUT2D eigenvalue weighted by Gasteiger charge is 2.34. The van der Waals surface area contributed by atoms with Crippen LogP contribution in [0.2, 0.25) is 10.0 Å². The fourth-order valence-corrected chi connectivity index (χ4v) is 2.21. The molecule has 0 aromatic heterocycles. The van der Waals surface area contributed by atoms with Crippen molar-refractivity contribution in [3.05, 3.63) is 33.8 Å². The number of cyclic esters (lactones) is 1. The standard InChI is InChI=1S/C12H12Cl2O2/c1-2-8-6-9(12(15)16-8)7-3-4-10(13)11(14)5-7/h3-5,8-9H,2,6H2,1H3. The summed E-state index contributed by atoms with van der Waals surface area (Å²) in [5.41, 5.74) is 0.885. The number of hydrogen-bond donors (Lipinski definition) is 0. The first-order valence-corrected chi connectivity index (χ1v) is 6.03. The number of halogens is 2. The Balaban J connectivity index is 2.24. The summed E-state index contributed by atoms with van der Waals surface area (Å²) in [5, 5.41) is 0.982. The molecule has 1 aliphatic rings. The second-order valence-corrected chi connectivity index (χ2v) is 4.74. The van der Waals surface area contributed by atoms with Gasteiger partial charge in [0.2, 0.25) is 0 Å². The van der Waals surface area contributed by atoms with Gasteiger partial charge in [-0.1, -0.05) is 36.2 Å². The van der Waals surface area contributed by atoms with Crippen LogP contribution in [0.3, 0.4) is 0 Å². The van der Waals surface area contributed by atoms with Crippen molar-refractivity contribution >= 4 is 29.2 Å². The van der Waals surface area contributed by atoms with E-state index in [2.05, 4.69) is 0 Å². The number of carbonyl (C=O) groups excluding carboxylic acids is 1. The minimum atomic E-state index is -0.195. The molecule has 1 aliphatic heterocycles. The molecular formula is C12H12Cl2O2. The van der Waals surface area contributed by atoms with Crippen molar-refractivity contribution in [3.63, 3.8) is 0 Å². The summed E-state index contributed by atoms with van der Waals surface area (Å²) < 4.78 is 5.23. The Morgan fingerprint density at radius 1 is 1.38 bits per heavy atom. The third kappa shape index (κ3) is 2.18. The van der Waals surface area contributed by atoms with Crippen molar-refractivity contribution in [2.24, 2.45) is 0 Å². The molecule has 0 radical (unpaired) electrons. The fourth-order valence-electron chi connectivity index (χ4n) is 1.90. The predicted molar refractivity (Wildman–Crippen MR) is 64.0 cm³/mol. The van der Waals surface area contributed by atoms with Crippen LogP contribution in [0.25, 0.3) is 0 Å². The summed E-state index contributed by atoms with van der Waals surface area (Å²) in [7, 11) is 0. The quantitative estimate of drug-likeness (QED) is 0.755. The molecule has 16 heavy (non-hydrogen) atoms. The molecule has 4 heteroatoms. The van der Waals surface area contributed by atoms with Crippen LogP contribution >= 0.6 is 23.2 Å². The summed E-state index contributed by atoms with van der Waals surface area (Å²) in [5.74, 6) is -0.357. The van der Waals surface area contributed by atoms with Gasteiger partial charge in [0.25, 0.3) is 0 Å². The molecule has 1 saturated heterocycles. The van der Waals surface area contributed by atoms with Crippen LogP contribution in [-0.2, 0) is 9.53 Å². The minimum absolute atomic E-state index is 0.0342. The molecule has 1 aromatic rings. The van der Waals surface area contributed by atoms with Crippen molar-refractivity contribution in [1.82, 2.24) is 0 Å². The first-order valence-electron chi connectivity index (χ1n) is 5.27. The van der Waals surface area contributed by atoms with Crippen LogP contribution < -0.4 is 0 Å². The maximum Gasteiger partial charge on any atom is 0.313 e. The Morgan fingerprint density at radius 2 is 2.12 bits per heavy atom. The number of rotatable bonds is 2. The van der Waals surface area contributed by atoms with Gasteiger partial charge in [0.15, 0.2) is 0 Å². The van der Waals surface area contributed by atoms with Gasteiger partial charge in [0.1, 0.15) is 6.10 Å². The number of benzene rings is 1.